The zero-order valence-corrected chi connectivity index (χ0v) is 20.6. The van der Waals surface area contributed by atoms with E-state index in [1.54, 1.807) is 0 Å². The van der Waals surface area contributed by atoms with Crippen molar-refractivity contribution in [2.24, 2.45) is 5.92 Å². The Bertz CT molecular complexity index is 1030. The van der Waals surface area contributed by atoms with Crippen LogP contribution < -0.4 is 0 Å². The van der Waals surface area contributed by atoms with E-state index >= 15 is 0 Å². The maximum Gasteiger partial charge on any atom is 0.417 e. The molecule has 1 saturated carbocycles. The normalized spacial score (nSPS) is 16.9. The lowest BCUT2D eigenvalue weighted by molar-refractivity contribution is -0.162. The molecule has 196 valence electrons. The molecule has 2 aromatic carbocycles. The second kappa shape index (κ2) is 11.2. The minimum Gasteiger partial charge on any atom is -0.297 e. The van der Waals surface area contributed by atoms with Gasteiger partial charge in [-0.3, -0.25) is 4.90 Å². The van der Waals surface area contributed by atoms with Crippen molar-refractivity contribution in [3.05, 3.63) is 70.8 Å². The van der Waals surface area contributed by atoms with Gasteiger partial charge in [-0.15, -0.1) is 0 Å². The van der Waals surface area contributed by atoms with E-state index in [4.69, 9.17) is 0 Å². The molecule has 36 heavy (non-hydrogen) atoms. The van der Waals surface area contributed by atoms with Crippen LogP contribution in [0.5, 0.6) is 0 Å². The van der Waals surface area contributed by atoms with Gasteiger partial charge in [-0.25, -0.2) is 0 Å². The fraction of sp³-hybridized carbons (Fsp3) is 0.536. The van der Waals surface area contributed by atoms with Gasteiger partial charge in [-0.1, -0.05) is 49.2 Å². The Morgan fingerprint density at radius 1 is 0.917 bits per heavy atom. The van der Waals surface area contributed by atoms with E-state index < -0.39 is 28.9 Å². The summed E-state index contributed by atoms with van der Waals surface area (Å²) in [7, 11) is 0. The average Bonchev–Trinajstić information content (AvgIpc) is 3.36. The predicted octanol–water partition coefficient (Wildman–Crippen LogP) is 8.37. The first-order valence-electron chi connectivity index (χ1n) is 12.4. The summed E-state index contributed by atoms with van der Waals surface area (Å²) in [6.07, 6.45) is -6.43. The van der Waals surface area contributed by atoms with Gasteiger partial charge >= 0.3 is 12.4 Å². The van der Waals surface area contributed by atoms with Gasteiger partial charge in [-0.05, 0) is 75.3 Å². The first-order valence-corrected chi connectivity index (χ1v) is 12.4. The summed E-state index contributed by atoms with van der Waals surface area (Å²) in [5.41, 5.74) is -3.54. The summed E-state index contributed by atoms with van der Waals surface area (Å²) in [5.74, 6) is -0.193. The van der Waals surface area contributed by atoms with Crippen LogP contribution in [0.3, 0.4) is 0 Å². The fourth-order valence-electron chi connectivity index (χ4n) is 5.42. The van der Waals surface area contributed by atoms with Gasteiger partial charge in [0.25, 0.3) is 0 Å². The number of alkyl halides is 6. The lowest BCUT2D eigenvalue weighted by atomic mass is 9.67. The van der Waals surface area contributed by atoms with Gasteiger partial charge < -0.3 is 0 Å². The Morgan fingerprint density at radius 2 is 1.53 bits per heavy atom. The molecule has 0 heterocycles. The smallest absolute Gasteiger partial charge is 0.297 e. The van der Waals surface area contributed by atoms with E-state index in [-0.39, 0.29) is 23.9 Å². The molecule has 1 unspecified atom stereocenters. The van der Waals surface area contributed by atoms with Crippen molar-refractivity contribution < 1.29 is 26.3 Å². The molecule has 0 radical (unpaired) electrons. The van der Waals surface area contributed by atoms with E-state index in [2.05, 4.69) is 24.8 Å². The maximum absolute atomic E-state index is 13.7. The van der Waals surface area contributed by atoms with Gasteiger partial charge in [0.2, 0.25) is 0 Å². The van der Waals surface area contributed by atoms with Crippen molar-refractivity contribution >= 4 is 0 Å². The second-order valence-corrected chi connectivity index (χ2v) is 9.97. The van der Waals surface area contributed by atoms with Crippen LogP contribution >= 0.6 is 0 Å². The van der Waals surface area contributed by atoms with Crippen LogP contribution in [0.1, 0.15) is 74.6 Å². The van der Waals surface area contributed by atoms with Crippen LogP contribution in [0.4, 0.5) is 26.3 Å². The van der Waals surface area contributed by atoms with E-state index in [1.165, 1.54) is 0 Å². The monoisotopic (exact) mass is 510 g/mol. The zero-order chi connectivity index (χ0) is 26.6. The highest BCUT2D eigenvalue weighted by Gasteiger charge is 2.47. The molecule has 0 bridgehead atoms. The van der Waals surface area contributed by atoms with E-state index in [0.717, 1.165) is 24.5 Å². The van der Waals surface area contributed by atoms with Crippen LogP contribution in [-0.4, -0.2) is 17.5 Å². The number of rotatable bonds is 9. The van der Waals surface area contributed by atoms with Crippen molar-refractivity contribution in [1.29, 1.82) is 5.26 Å². The molecule has 1 fully saturated rings. The number of nitrogens with zero attached hydrogens (tertiary/aromatic N) is 2. The van der Waals surface area contributed by atoms with Crippen LogP contribution in [0.15, 0.2) is 48.5 Å². The Kier molecular flexibility index (Phi) is 8.76. The molecule has 1 atom stereocenters. The van der Waals surface area contributed by atoms with Crippen molar-refractivity contribution in [2.75, 3.05) is 6.54 Å². The Balaban J connectivity index is 1.93. The highest BCUT2D eigenvalue weighted by atomic mass is 19.4. The second-order valence-electron chi connectivity index (χ2n) is 9.97. The van der Waals surface area contributed by atoms with Crippen LogP contribution in [0, 0.1) is 17.2 Å². The van der Waals surface area contributed by atoms with Gasteiger partial charge in [-0.2, -0.15) is 31.6 Å². The summed E-state index contributed by atoms with van der Waals surface area (Å²) < 4.78 is 81.2. The van der Waals surface area contributed by atoms with Crippen molar-refractivity contribution in [3.63, 3.8) is 0 Å². The summed E-state index contributed by atoms with van der Waals surface area (Å²) in [5, 5.41) is 10.4. The van der Waals surface area contributed by atoms with E-state index in [0.29, 0.717) is 44.5 Å². The third kappa shape index (κ3) is 6.42. The fourth-order valence-corrected chi connectivity index (χ4v) is 5.42. The first kappa shape index (κ1) is 28.0. The van der Waals surface area contributed by atoms with Crippen LogP contribution in [-0.2, 0) is 24.3 Å². The number of hydrogen-bond acceptors (Lipinski definition) is 2. The molecular weight excluding hydrogens is 478 g/mol. The molecule has 0 saturated heterocycles. The molecule has 0 spiro atoms. The maximum atomic E-state index is 13.7. The quantitative estimate of drug-likeness (QED) is 0.317. The molecule has 1 aliphatic rings. The molecular formula is C28H32F6N2. The molecule has 2 aromatic rings. The Morgan fingerprint density at radius 3 is 2.06 bits per heavy atom. The largest absolute Gasteiger partial charge is 0.417 e. The molecule has 2 nitrogen and oxygen atoms in total. The van der Waals surface area contributed by atoms with Crippen molar-refractivity contribution in [1.82, 2.24) is 4.90 Å². The van der Waals surface area contributed by atoms with Gasteiger partial charge in [0, 0.05) is 12.6 Å². The molecule has 0 N–H and O–H groups in total. The number of halogens is 6. The van der Waals surface area contributed by atoms with Crippen LogP contribution in [0.2, 0.25) is 0 Å². The minimum atomic E-state index is -5.18. The van der Waals surface area contributed by atoms with Gasteiger partial charge in [0.05, 0.1) is 22.6 Å². The van der Waals surface area contributed by atoms with Gasteiger partial charge in [0.15, 0.2) is 0 Å². The summed E-state index contributed by atoms with van der Waals surface area (Å²) in [4.78, 5) is 2.24. The zero-order valence-electron chi connectivity index (χ0n) is 20.6. The molecule has 0 amide bonds. The lowest BCUT2D eigenvalue weighted by Crippen LogP contribution is -2.36. The standard InChI is InChI=1S/C28H32F6N2/c1-20(2)36(18-21-9-4-3-5-10-21)16-8-15-26(19-35,22-11-6-7-12-22)23-13-14-24(27(29,30)31)25(17-23)28(32,33)34/h3-5,9-10,13-14,17,20,22H,6-8,11-12,15-16,18H2,1-2H3. The Hall–Kier alpha value is -2.53. The van der Waals surface area contributed by atoms with Crippen molar-refractivity contribution in [3.8, 4) is 6.07 Å². The van der Waals surface area contributed by atoms with E-state index in [9.17, 15) is 31.6 Å². The van der Waals surface area contributed by atoms with E-state index in [1.807, 2.05) is 30.3 Å². The summed E-state index contributed by atoms with van der Waals surface area (Å²) in [6.45, 7) is 5.43. The highest BCUT2D eigenvalue weighted by Crippen LogP contribution is 2.48. The number of benzene rings is 2. The molecule has 0 aliphatic heterocycles. The summed E-state index contributed by atoms with van der Waals surface area (Å²) in [6, 6.07) is 14.6. The average molecular weight is 511 g/mol. The first-order chi connectivity index (χ1) is 16.9. The third-order valence-electron chi connectivity index (χ3n) is 7.37. The number of hydrogen-bond donors (Lipinski definition) is 0. The molecule has 8 heteroatoms. The molecule has 3 rings (SSSR count). The van der Waals surface area contributed by atoms with Crippen molar-refractivity contribution in [2.45, 2.75) is 82.7 Å². The third-order valence-corrected chi connectivity index (χ3v) is 7.37. The predicted molar refractivity (Wildman–Crippen MR) is 127 cm³/mol. The summed E-state index contributed by atoms with van der Waals surface area (Å²) >= 11 is 0. The topological polar surface area (TPSA) is 27.0 Å². The SMILES string of the molecule is CC(C)N(CCCC(C#N)(c1ccc(C(F)(F)F)c(C(F)(F)F)c1)C1CCCC1)Cc1ccccc1. The Labute approximate surface area is 208 Å². The molecule has 0 aromatic heterocycles. The number of nitriles is 1. The lowest BCUT2D eigenvalue weighted by Gasteiger charge is -2.35. The highest BCUT2D eigenvalue weighted by molar-refractivity contribution is 5.43. The molecule has 1 aliphatic carbocycles. The van der Waals surface area contributed by atoms with Crippen LogP contribution in [0.25, 0.3) is 0 Å². The minimum absolute atomic E-state index is 0.0383. The van der Waals surface area contributed by atoms with Gasteiger partial charge in [0.1, 0.15) is 0 Å².